The normalized spacial score (nSPS) is 23.9. The highest BCUT2D eigenvalue weighted by molar-refractivity contribution is 5.46. The van der Waals surface area contributed by atoms with E-state index in [2.05, 4.69) is 43.3 Å². The molecule has 2 heteroatoms. The van der Waals surface area contributed by atoms with Crippen molar-refractivity contribution < 1.29 is 0 Å². The molecule has 2 N–H and O–H groups in total. The maximum atomic E-state index is 5.64. The van der Waals surface area contributed by atoms with Gasteiger partial charge in [0.05, 0.1) is 0 Å². The van der Waals surface area contributed by atoms with Gasteiger partial charge in [-0.25, -0.2) is 0 Å². The molecule has 17 heavy (non-hydrogen) atoms. The molecule has 0 spiro atoms. The number of rotatable bonds is 4. The molecule has 94 valence electrons. The number of hydrogen-bond acceptors (Lipinski definition) is 2. The van der Waals surface area contributed by atoms with E-state index >= 15 is 0 Å². The molecule has 0 heterocycles. The summed E-state index contributed by atoms with van der Waals surface area (Å²) in [6.45, 7) is 0.844. The van der Waals surface area contributed by atoms with Crippen LogP contribution in [-0.2, 0) is 0 Å². The molecule has 0 bridgehead atoms. The third kappa shape index (κ3) is 3.01. The van der Waals surface area contributed by atoms with Gasteiger partial charge in [-0.2, -0.15) is 0 Å². The van der Waals surface area contributed by atoms with Crippen LogP contribution in [-0.4, -0.2) is 20.6 Å². The van der Waals surface area contributed by atoms with Gasteiger partial charge in [-0.05, 0) is 61.8 Å². The molecule has 0 saturated heterocycles. The van der Waals surface area contributed by atoms with Crippen molar-refractivity contribution in [1.29, 1.82) is 0 Å². The average molecular weight is 232 g/mol. The Bertz CT molecular complexity index is 342. The van der Waals surface area contributed by atoms with E-state index in [-0.39, 0.29) is 0 Å². The summed E-state index contributed by atoms with van der Waals surface area (Å²) in [5.74, 6) is 1.63. The first-order chi connectivity index (χ1) is 8.20. The molecule has 0 aliphatic heterocycles. The Morgan fingerprint density at radius 1 is 1.18 bits per heavy atom. The first-order valence-electron chi connectivity index (χ1n) is 6.68. The number of hydrogen-bond donors (Lipinski definition) is 1. The van der Waals surface area contributed by atoms with Crippen LogP contribution < -0.4 is 10.6 Å². The van der Waals surface area contributed by atoms with Crippen LogP contribution in [0.5, 0.6) is 0 Å². The van der Waals surface area contributed by atoms with Crippen LogP contribution in [0.4, 0.5) is 5.69 Å². The first kappa shape index (κ1) is 12.4. The van der Waals surface area contributed by atoms with Crippen LogP contribution in [0.25, 0.3) is 0 Å². The van der Waals surface area contributed by atoms with Gasteiger partial charge >= 0.3 is 0 Å². The van der Waals surface area contributed by atoms with Gasteiger partial charge in [-0.3, -0.25) is 0 Å². The minimum absolute atomic E-state index is 0.766. The molecule has 0 amide bonds. The summed E-state index contributed by atoms with van der Waals surface area (Å²) in [6, 6.07) is 9.05. The van der Waals surface area contributed by atoms with Crippen LogP contribution in [0, 0.1) is 5.92 Å². The van der Waals surface area contributed by atoms with Gasteiger partial charge in [0.1, 0.15) is 0 Å². The fraction of sp³-hybridized carbons (Fsp3) is 0.600. The number of benzene rings is 1. The lowest BCUT2D eigenvalue weighted by atomic mass is 9.95. The number of nitrogens with two attached hydrogens (primary N) is 1. The number of nitrogens with zero attached hydrogens (tertiary/aromatic N) is 1. The van der Waals surface area contributed by atoms with Gasteiger partial charge in [-0.15, -0.1) is 0 Å². The van der Waals surface area contributed by atoms with Gasteiger partial charge in [0.2, 0.25) is 0 Å². The maximum Gasteiger partial charge on any atom is 0.0361 e. The summed E-state index contributed by atoms with van der Waals surface area (Å²) < 4.78 is 0. The Morgan fingerprint density at radius 2 is 1.88 bits per heavy atom. The van der Waals surface area contributed by atoms with Crippen molar-refractivity contribution in [1.82, 2.24) is 0 Å². The Balaban J connectivity index is 1.99. The molecule has 1 aliphatic rings. The standard InChI is InChI=1S/C15H24N2/c1-17(2)15-7-5-13(6-8-15)14-4-3-12(11-14)9-10-16/h5-8,12,14H,3-4,9-11,16H2,1-2H3. The summed E-state index contributed by atoms with van der Waals surface area (Å²) in [5.41, 5.74) is 8.43. The Hall–Kier alpha value is -1.02. The van der Waals surface area contributed by atoms with Crippen LogP contribution in [0.3, 0.4) is 0 Å². The fourth-order valence-corrected chi connectivity index (χ4v) is 2.92. The highest BCUT2D eigenvalue weighted by Crippen LogP contribution is 2.39. The summed E-state index contributed by atoms with van der Waals surface area (Å²) in [5, 5.41) is 0. The summed E-state index contributed by atoms with van der Waals surface area (Å²) in [7, 11) is 4.17. The molecule has 1 aromatic rings. The van der Waals surface area contributed by atoms with Crippen molar-refractivity contribution >= 4 is 5.69 Å². The van der Waals surface area contributed by atoms with Crippen molar-refractivity contribution in [2.24, 2.45) is 11.7 Å². The Morgan fingerprint density at radius 3 is 2.47 bits per heavy atom. The lowest BCUT2D eigenvalue weighted by molar-refractivity contribution is 0.503. The zero-order valence-electron chi connectivity index (χ0n) is 11.0. The second-order valence-electron chi connectivity index (χ2n) is 5.44. The second kappa shape index (κ2) is 5.54. The largest absolute Gasteiger partial charge is 0.378 e. The van der Waals surface area contributed by atoms with Gasteiger partial charge in [0.15, 0.2) is 0 Å². The van der Waals surface area contributed by atoms with E-state index in [1.807, 2.05) is 0 Å². The SMILES string of the molecule is CN(C)c1ccc(C2CCC(CCN)C2)cc1. The topological polar surface area (TPSA) is 29.3 Å². The Labute approximate surface area is 105 Å². The first-order valence-corrected chi connectivity index (χ1v) is 6.68. The van der Waals surface area contributed by atoms with Crippen molar-refractivity contribution in [3.05, 3.63) is 29.8 Å². The zero-order chi connectivity index (χ0) is 12.3. The smallest absolute Gasteiger partial charge is 0.0361 e. The summed E-state index contributed by atoms with van der Waals surface area (Å²) >= 11 is 0. The van der Waals surface area contributed by atoms with Crippen molar-refractivity contribution in [2.45, 2.75) is 31.6 Å². The quantitative estimate of drug-likeness (QED) is 0.864. The molecule has 1 aromatic carbocycles. The predicted molar refractivity (Wildman–Crippen MR) is 74.5 cm³/mol. The molecule has 2 atom stereocenters. The molecule has 0 aromatic heterocycles. The second-order valence-corrected chi connectivity index (χ2v) is 5.44. The van der Waals surface area contributed by atoms with Gasteiger partial charge in [0.25, 0.3) is 0 Å². The zero-order valence-corrected chi connectivity index (χ0v) is 11.0. The third-order valence-electron chi connectivity index (χ3n) is 4.00. The van der Waals surface area contributed by atoms with Crippen molar-refractivity contribution in [2.75, 3.05) is 25.5 Å². The minimum atomic E-state index is 0.766. The lowest BCUT2D eigenvalue weighted by Gasteiger charge is -2.15. The molecule has 0 radical (unpaired) electrons. The van der Waals surface area contributed by atoms with Crippen LogP contribution in [0.1, 0.15) is 37.2 Å². The van der Waals surface area contributed by atoms with Crippen LogP contribution >= 0.6 is 0 Å². The molecular weight excluding hydrogens is 208 g/mol. The molecule has 1 saturated carbocycles. The number of anilines is 1. The third-order valence-corrected chi connectivity index (χ3v) is 4.00. The van der Waals surface area contributed by atoms with Gasteiger partial charge in [0, 0.05) is 19.8 Å². The average Bonchev–Trinajstić information content (AvgIpc) is 2.78. The molecule has 2 unspecified atom stereocenters. The fourth-order valence-electron chi connectivity index (χ4n) is 2.92. The van der Waals surface area contributed by atoms with Crippen LogP contribution in [0.15, 0.2) is 24.3 Å². The molecule has 1 aliphatic carbocycles. The maximum absolute atomic E-state index is 5.64. The minimum Gasteiger partial charge on any atom is -0.378 e. The highest BCUT2D eigenvalue weighted by Gasteiger charge is 2.25. The van der Waals surface area contributed by atoms with E-state index < -0.39 is 0 Å². The lowest BCUT2D eigenvalue weighted by Crippen LogP contribution is -2.08. The van der Waals surface area contributed by atoms with E-state index in [0.717, 1.165) is 18.4 Å². The molecule has 1 fully saturated rings. The van der Waals surface area contributed by atoms with Gasteiger partial charge < -0.3 is 10.6 Å². The van der Waals surface area contributed by atoms with Crippen molar-refractivity contribution in [3.8, 4) is 0 Å². The van der Waals surface area contributed by atoms with Crippen LogP contribution in [0.2, 0.25) is 0 Å². The highest BCUT2D eigenvalue weighted by atomic mass is 15.1. The van der Waals surface area contributed by atoms with Crippen molar-refractivity contribution in [3.63, 3.8) is 0 Å². The monoisotopic (exact) mass is 232 g/mol. The molecule has 2 rings (SSSR count). The van der Waals surface area contributed by atoms with E-state index in [4.69, 9.17) is 5.73 Å². The predicted octanol–water partition coefficient (Wildman–Crippen LogP) is 2.99. The van der Waals surface area contributed by atoms with E-state index in [9.17, 15) is 0 Å². The summed E-state index contributed by atoms with van der Waals surface area (Å²) in [4.78, 5) is 2.15. The molecule has 2 nitrogen and oxygen atoms in total. The van der Waals surface area contributed by atoms with E-state index in [1.165, 1.54) is 36.9 Å². The van der Waals surface area contributed by atoms with Gasteiger partial charge in [-0.1, -0.05) is 12.1 Å². The van der Waals surface area contributed by atoms with E-state index in [0.29, 0.717) is 0 Å². The Kier molecular flexibility index (Phi) is 4.06. The van der Waals surface area contributed by atoms with E-state index in [1.54, 1.807) is 0 Å². The molecular formula is C15H24N2. The summed E-state index contributed by atoms with van der Waals surface area (Å²) in [6.07, 6.45) is 5.23.